The Kier molecular flexibility index (Phi) is 8.15. The summed E-state index contributed by atoms with van der Waals surface area (Å²) in [6.07, 6.45) is 3.27. The standard InChI is InChI=1S/C17H29NO2S/c1-14(2)18-17(3,13-19)10-5-6-11-21-16-9-7-8-15(12-16)20-4/h7-9,12,14,18-19H,5-6,10-11,13H2,1-4H3. The first-order chi connectivity index (χ1) is 9.99. The van der Waals surface area contributed by atoms with E-state index in [4.69, 9.17) is 4.74 Å². The molecule has 0 aliphatic rings. The lowest BCUT2D eigenvalue weighted by molar-refractivity contribution is 0.154. The number of nitrogens with one attached hydrogen (secondary N) is 1. The van der Waals surface area contributed by atoms with Gasteiger partial charge in [0, 0.05) is 16.5 Å². The second-order valence-corrected chi connectivity index (χ2v) is 7.17. The van der Waals surface area contributed by atoms with Gasteiger partial charge in [0.1, 0.15) is 5.75 Å². The fourth-order valence-electron chi connectivity index (χ4n) is 2.39. The number of aliphatic hydroxyl groups is 1. The van der Waals surface area contributed by atoms with E-state index in [0.717, 1.165) is 30.8 Å². The van der Waals surface area contributed by atoms with Gasteiger partial charge in [0.25, 0.3) is 0 Å². The fourth-order valence-corrected chi connectivity index (χ4v) is 3.35. The van der Waals surface area contributed by atoms with Gasteiger partial charge >= 0.3 is 0 Å². The molecule has 0 aliphatic carbocycles. The van der Waals surface area contributed by atoms with E-state index < -0.39 is 0 Å². The van der Waals surface area contributed by atoms with E-state index in [2.05, 4.69) is 38.2 Å². The molecule has 0 bridgehead atoms. The van der Waals surface area contributed by atoms with Gasteiger partial charge in [-0.2, -0.15) is 0 Å². The molecule has 120 valence electrons. The first-order valence-electron chi connectivity index (χ1n) is 7.64. The van der Waals surface area contributed by atoms with Gasteiger partial charge in [0.2, 0.25) is 0 Å². The van der Waals surface area contributed by atoms with E-state index in [1.807, 2.05) is 23.9 Å². The summed E-state index contributed by atoms with van der Waals surface area (Å²) >= 11 is 1.86. The van der Waals surface area contributed by atoms with Crippen LogP contribution in [0.5, 0.6) is 5.75 Å². The van der Waals surface area contributed by atoms with Gasteiger partial charge in [-0.15, -0.1) is 11.8 Å². The second-order valence-electron chi connectivity index (χ2n) is 6.00. The lowest BCUT2D eigenvalue weighted by Gasteiger charge is -2.31. The summed E-state index contributed by atoms with van der Waals surface area (Å²) in [5.74, 6) is 2.00. The summed E-state index contributed by atoms with van der Waals surface area (Å²) in [7, 11) is 1.70. The van der Waals surface area contributed by atoms with Crippen molar-refractivity contribution in [1.29, 1.82) is 0 Å². The molecule has 1 aromatic carbocycles. The van der Waals surface area contributed by atoms with Crippen LogP contribution in [0, 0.1) is 0 Å². The van der Waals surface area contributed by atoms with Gasteiger partial charge in [0.05, 0.1) is 13.7 Å². The molecule has 3 nitrogen and oxygen atoms in total. The number of aliphatic hydroxyl groups excluding tert-OH is 1. The van der Waals surface area contributed by atoms with Crippen LogP contribution < -0.4 is 10.1 Å². The Balaban J connectivity index is 2.27. The average Bonchev–Trinajstić information content (AvgIpc) is 2.46. The Morgan fingerprint density at radius 3 is 2.71 bits per heavy atom. The molecule has 1 rings (SSSR count). The van der Waals surface area contributed by atoms with Crippen LogP contribution in [0.4, 0.5) is 0 Å². The lowest BCUT2D eigenvalue weighted by atomic mass is 9.95. The molecular weight excluding hydrogens is 282 g/mol. The van der Waals surface area contributed by atoms with Crippen LogP contribution in [-0.2, 0) is 0 Å². The van der Waals surface area contributed by atoms with Gasteiger partial charge in [-0.25, -0.2) is 0 Å². The Hall–Kier alpha value is -0.710. The first-order valence-corrected chi connectivity index (χ1v) is 8.63. The highest BCUT2D eigenvalue weighted by Crippen LogP contribution is 2.24. The largest absolute Gasteiger partial charge is 0.497 e. The van der Waals surface area contributed by atoms with Crippen LogP contribution in [0.1, 0.15) is 40.0 Å². The Morgan fingerprint density at radius 1 is 1.33 bits per heavy atom. The van der Waals surface area contributed by atoms with E-state index in [1.54, 1.807) is 7.11 Å². The van der Waals surface area contributed by atoms with Gasteiger partial charge in [0.15, 0.2) is 0 Å². The smallest absolute Gasteiger partial charge is 0.119 e. The van der Waals surface area contributed by atoms with Crippen LogP contribution in [0.15, 0.2) is 29.2 Å². The zero-order valence-electron chi connectivity index (χ0n) is 13.7. The van der Waals surface area contributed by atoms with Crippen LogP contribution in [0.25, 0.3) is 0 Å². The monoisotopic (exact) mass is 311 g/mol. The first kappa shape index (κ1) is 18.3. The number of hydrogen-bond acceptors (Lipinski definition) is 4. The SMILES string of the molecule is COc1cccc(SCCCCC(C)(CO)NC(C)C)c1. The zero-order valence-corrected chi connectivity index (χ0v) is 14.5. The Morgan fingerprint density at radius 2 is 2.10 bits per heavy atom. The highest BCUT2D eigenvalue weighted by Gasteiger charge is 2.22. The minimum Gasteiger partial charge on any atom is -0.497 e. The molecule has 0 spiro atoms. The third-order valence-corrected chi connectivity index (χ3v) is 4.50. The Labute approximate surface area is 133 Å². The van der Waals surface area contributed by atoms with Gasteiger partial charge in [-0.1, -0.05) is 26.3 Å². The number of unbranched alkanes of at least 4 members (excludes halogenated alkanes) is 1. The molecule has 4 heteroatoms. The number of hydrogen-bond donors (Lipinski definition) is 2. The highest BCUT2D eigenvalue weighted by atomic mass is 32.2. The molecule has 1 atom stereocenters. The number of thioether (sulfide) groups is 1. The van der Waals surface area contributed by atoms with Crippen LogP contribution in [-0.4, -0.2) is 36.2 Å². The number of methoxy groups -OCH3 is 1. The molecule has 0 radical (unpaired) electrons. The molecule has 0 aromatic heterocycles. The fraction of sp³-hybridized carbons (Fsp3) is 0.647. The molecule has 0 fully saturated rings. The number of rotatable bonds is 10. The number of benzene rings is 1. The Bertz CT molecular complexity index is 412. The molecule has 0 saturated heterocycles. The topological polar surface area (TPSA) is 41.5 Å². The van der Waals surface area contributed by atoms with Crippen molar-refractivity contribution in [3.63, 3.8) is 0 Å². The molecule has 21 heavy (non-hydrogen) atoms. The van der Waals surface area contributed by atoms with E-state index in [-0.39, 0.29) is 12.1 Å². The minimum absolute atomic E-state index is 0.158. The summed E-state index contributed by atoms with van der Waals surface area (Å²) in [6, 6.07) is 8.58. The van der Waals surface area contributed by atoms with Crippen molar-refractivity contribution in [2.75, 3.05) is 19.5 Å². The van der Waals surface area contributed by atoms with Gasteiger partial charge in [-0.3, -0.25) is 0 Å². The molecule has 2 N–H and O–H groups in total. The second kappa shape index (κ2) is 9.34. The van der Waals surface area contributed by atoms with E-state index >= 15 is 0 Å². The maximum Gasteiger partial charge on any atom is 0.119 e. The molecule has 1 unspecified atom stereocenters. The summed E-state index contributed by atoms with van der Waals surface area (Å²) in [4.78, 5) is 1.25. The maximum absolute atomic E-state index is 9.54. The van der Waals surface area contributed by atoms with Crippen LogP contribution >= 0.6 is 11.8 Å². The molecule has 0 heterocycles. The zero-order chi connectivity index (χ0) is 15.7. The van der Waals surface area contributed by atoms with Crippen molar-refractivity contribution in [3.05, 3.63) is 24.3 Å². The molecule has 0 amide bonds. The van der Waals surface area contributed by atoms with Crippen molar-refractivity contribution in [3.8, 4) is 5.75 Å². The third-order valence-electron chi connectivity index (χ3n) is 3.42. The lowest BCUT2D eigenvalue weighted by Crippen LogP contribution is -2.49. The molecular formula is C17H29NO2S. The van der Waals surface area contributed by atoms with Crippen LogP contribution in [0.3, 0.4) is 0 Å². The van der Waals surface area contributed by atoms with Crippen molar-refractivity contribution in [2.45, 2.75) is 56.5 Å². The summed E-state index contributed by atoms with van der Waals surface area (Å²) in [5.41, 5.74) is -0.158. The van der Waals surface area contributed by atoms with Crippen molar-refractivity contribution in [2.24, 2.45) is 0 Å². The average molecular weight is 311 g/mol. The normalized spacial score (nSPS) is 14.2. The van der Waals surface area contributed by atoms with E-state index in [1.165, 1.54) is 4.90 Å². The summed E-state index contributed by atoms with van der Waals surface area (Å²) in [6.45, 7) is 6.52. The van der Waals surface area contributed by atoms with E-state index in [0.29, 0.717) is 6.04 Å². The molecule has 0 aliphatic heterocycles. The van der Waals surface area contributed by atoms with Crippen LogP contribution in [0.2, 0.25) is 0 Å². The third kappa shape index (κ3) is 7.21. The van der Waals surface area contributed by atoms with Gasteiger partial charge < -0.3 is 15.2 Å². The minimum atomic E-state index is -0.158. The predicted octanol–water partition coefficient (Wildman–Crippen LogP) is 3.71. The quantitative estimate of drug-likeness (QED) is 0.510. The molecule has 1 aromatic rings. The summed E-state index contributed by atoms with van der Waals surface area (Å²) in [5, 5.41) is 13.0. The van der Waals surface area contributed by atoms with Crippen molar-refractivity contribution >= 4 is 11.8 Å². The number of ether oxygens (including phenoxy) is 1. The van der Waals surface area contributed by atoms with Crippen molar-refractivity contribution in [1.82, 2.24) is 5.32 Å². The summed E-state index contributed by atoms with van der Waals surface area (Å²) < 4.78 is 5.23. The highest BCUT2D eigenvalue weighted by molar-refractivity contribution is 7.99. The van der Waals surface area contributed by atoms with Crippen molar-refractivity contribution < 1.29 is 9.84 Å². The predicted molar refractivity (Wildman–Crippen MR) is 91.3 cm³/mol. The molecule has 0 saturated carbocycles. The van der Waals surface area contributed by atoms with Gasteiger partial charge in [-0.05, 0) is 43.7 Å². The van der Waals surface area contributed by atoms with E-state index in [9.17, 15) is 5.11 Å². The maximum atomic E-state index is 9.54.